The average molecular weight is 406 g/mol. The quantitative estimate of drug-likeness (QED) is 0.541. The second-order valence-corrected chi connectivity index (χ2v) is 9.56. The number of carbonyl (C=O) groups is 1. The van der Waals surface area contributed by atoms with Crippen LogP contribution in [0.3, 0.4) is 0 Å². The summed E-state index contributed by atoms with van der Waals surface area (Å²) in [5.41, 5.74) is 1.97. The van der Waals surface area contributed by atoms with Crippen LogP contribution in [0.15, 0.2) is 23.4 Å². The summed E-state index contributed by atoms with van der Waals surface area (Å²) in [6.45, 7) is 14.1. The Hall–Kier alpha value is -2.22. The number of hydrogen-bond donors (Lipinski definition) is 2. The molecule has 28 heavy (non-hydrogen) atoms. The molecular weight excluding hydrogens is 374 g/mol. The van der Waals surface area contributed by atoms with Crippen LogP contribution in [-0.2, 0) is 11.4 Å². The van der Waals surface area contributed by atoms with Gasteiger partial charge in [-0.05, 0) is 57.7 Å². The molecule has 7 nitrogen and oxygen atoms in total. The zero-order chi connectivity index (χ0) is 21.1. The minimum atomic E-state index is -0.344. The molecule has 0 saturated carbocycles. The number of hydrogen-bond acceptors (Lipinski definition) is 6. The molecule has 1 atom stereocenters. The number of benzene rings is 1. The molecule has 1 heterocycles. The molecule has 154 valence electrons. The molecule has 0 aliphatic rings. The van der Waals surface area contributed by atoms with Crippen molar-refractivity contribution in [3.63, 3.8) is 0 Å². The van der Waals surface area contributed by atoms with Gasteiger partial charge in [0.1, 0.15) is 12.4 Å². The molecule has 8 heteroatoms. The Morgan fingerprint density at radius 3 is 2.57 bits per heavy atom. The number of nitrogens with two attached hydrogens (primary N) is 1. The first kappa shape index (κ1) is 22.1. The number of amides is 1. The predicted octanol–water partition coefficient (Wildman–Crippen LogP) is 3.40. The van der Waals surface area contributed by atoms with Crippen molar-refractivity contribution in [2.24, 2.45) is 0 Å². The molecule has 2 aromatic rings. The van der Waals surface area contributed by atoms with E-state index in [4.69, 9.17) is 10.6 Å². The van der Waals surface area contributed by atoms with Crippen LogP contribution in [0.2, 0.25) is 0 Å². The summed E-state index contributed by atoms with van der Waals surface area (Å²) >= 11 is 1.27. The van der Waals surface area contributed by atoms with Gasteiger partial charge in [0.25, 0.3) is 0 Å². The van der Waals surface area contributed by atoms with Crippen LogP contribution in [0.1, 0.15) is 64.4 Å². The Morgan fingerprint density at radius 1 is 1.29 bits per heavy atom. The minimum absolute atomic E-state index is 0.0698. The summed E-state index contributed by atoms with van der Waals surface area (Å²) in [5, 5.41) is 11.3. The number of aryl methyl sites for hydroxylation is 1. The fourth-order valence-electron chi connectivity index (χ4n) is 2.55. The van der Waals surface area contributed by atoms with Gasteiger partial charge < -0.3 is 15.9 Å². The predicted molar refractivity (Wildman–Crippen MR) is 113 cm³/mol. The van der Waals surface area contributed by atoms with Gasteiger partial charge in [-0.3, -0.25) is 4.79 Å². The minimum Gasteiger partial charge on any atom is -0.485 e. The van der Waals surface area contributed by atoms with Crippen LogP contribution < -0.4 is 15.9 Å². The Balaban J connectivity index is 2.06. The normalized spacial score (nSPS) is 12.9. The van der Waals surface area contributed by atoms with Crippen molar-refractivity contribution in [3.8, 4) is 5.75 Å². The summed E-state index contributed by atoms with van der Waals surface area (Å²) in [7, 11) is 0. The molecule has 1 amide bonds. The molecule has 0 bridgehead atoms. The SMILES string of the molecule is Cc1ccc(C(C)C)c(OCc2nnc(SC(C)C(=O)NC(C)(C)C)n2N)c1. The molecule has 1 aromatic carbocycles. The van der Waals surface area contributed by atoms with E-state index in [1.54, 1.807) is 0 Å². The van der Waals surface area contributed by atoms with Crippen molar-refractivity contribution >= 4 is 17.7 Å². The maximum absolute atomic E-state index is 12.3. The van der Waals surface area contributed by atoms with E-state index >= 15 is 0 Å². The van der Waals surface area contributed by atoms with Gasteiger partial charge in [0.05, 0.1) is 5.25 Å². The lowest BCUT2D eigenvalue weighted by atomic mass is 10.0. The second kappa shape index (κ2) is 8.86. The molecule has 0 fully saturated rings. The first-order chi connectivity index (χ1) is 13.0. The molecule has 3 N–H and O–H groups in total. The van der Waals surface area contributed by atoms with E-state index in [2.05, 4.69) is 41.5 Å². The number of aromatic nitrogens is 3. The first-order valence-electron chi connectivity index (χ1n) is 9.39. The average Bonchev–Trinajstić information content (AvgIpc) is 2.91. The van der Waals surface area contributed by atoms with E-state index in [0.717, 1.165) is 16.9 Å². The number of rotatable bonds is 7. The van der Waals surface area contributed by atoms with Crippen molar-refractivity contribution in [1.29, 1.82) is 0 Å². The summed E-state index contributed by atoms with van der Waals surface area (Å²) in [6, 6.07) is 6.17. The second-order valence-electron chi connectivity index (χ2n) is 8.25. The molecule has 1 aromatic heterocycles. The van der Waals surface area contributed by atoms with E-state index in [9.17, 15) is 4.79 Å². The van der Waals surface area contributed by atoms with Gasteiger partial charge >= 0.3 is 0 Å². The lowest BCUT2D eigenvalue weighted by molar-refractivity contribution is -0.121. The van der Waals surface area contributed by atoms with Gasteiger partial charge in [-0.25, -0.2) is 4.68 Å². The highest BCUT2D eigenvalue weighted by molar-refractivity contribution is 8.00. The largest absolute Gasteiger partial charge is 0.485 e. The molecule has 0 radical (unpaired) electrons. The van der Waals surface area contributed by atoms with Crippen molar-refractivity contribution < 1.29 is 9.53 Å². The van der Waals surface area contributed by atoms with Crippen LogP contribution in [0.5, 0.6) is 5.75 Å². The standard InChI is InChI=1S/C20H31N5O2S/c1-12(2)15-9-8-13(3)10-16(15)27-11-17-23-24-19(25(17)21)28-14(4)18(26)22-20(5,6)7/h8-10,12,14H,11,21H2,1-7H3,(H,22,26). The molecule has 0 spiro atoms. The topological polar surface area (TPSA) is 95.1 Å². The first-order valence-corrected chi connectivity index (χ1v) is 10.3. The number of carbonyl (C=O) groups excluding carboxylic acids is 1. The third-order valence-corrected chi connectivity index (χ3v) is 5.09. The van der Waals surface area contributed by atoms with Crippen molar-refractivity contribution in [3.05, 3.63) is 35.2 Å². The smallest absolute Gasteiger partial charge is 0.233 e. The molecule has 2 rings (SSSR count). The van der Waals surface area contributed by atoms with Gasteiger partial charge in [-0.15, -0.1) is 10.2 Å². The molecule has 0 saturated heterocycles. The van der Waals surface area contributed by atoms with Crippen LogP contribution in [0, 0.1) is 6.92 Å². The van der Waals surface area contributed by atoms with Gasteiger partial charge in [0.15, 0.2) is 5.82 Å². The fourth-order valence-corrected chi connectivity index (χ4v) is 3.34. The van der Waals surface area contributed by atoms with Crippen LogP contribution in [0.25, 0.3) is 0 Å². The van der Waals surface area contributed by atoms with E-state index in [1.807, 2.05) is 40.7 Å². The Kier molecular flexibility index (Phi) is 6.98. The molecule has 0 aliphatic heterocycles. The molecule has 0 aliphatic carbocycles. The Labute approximate surface area is 171 Å². The Morgan fingerprint density at radius 2 is 1.96 bits per heavy atom. The number of nitrogens with one attached hydrogen (secondary N) is 1. The van der Waals surface area contributed by atoms with Gasteiger partial charge in [0, 0.05) is 5.54 Å². The zero-order valence-corrected chi connectivity index (χ0v) is 18.6. The molecule has 1 unspecified atom stereocenters. The van der Waals surface area contributed by atoms with E-state index in [-0.39, 0.29) is 23.3 Å². The summed E-state index contributed by atoms with van der Waals surface area (Å²) in [6.07, 6.45) is 0. The van der Waals surface area contributed by atoms with E-state index < -0.39 is 0 Å². The number of thioether (sulfide) groups is 1. The van der Waals surface area contributed by atoms with Crippen molar-refractivity contribution in [2.45, 2.75) is 76.9 Å². The lowest BCUT2D eigenvalue weighted by Crippen LogP contribution is -2.44. The number of nitrogen functional groups attached to an aromatic ring is 1. The third kappa shape index (κ3) is 5.89. The number of ether oxygens (including phenoxy) is 1. The summed E-state index contributed by atoms with van der Waals surface area (Å²) in [4.78, 5) is 12.3. The van der Waals surface area contributed by atoms with Gasteiger partial charge in [0.2, 0.25) is 11.1 Å². The van der Waals surface area contributed by atoms with E-state index in [0.29, 0.717) is 16.9 Å². The van der Waals surface area contributed by atoms with Crippen LogP contribution >= 0.6 is 11.8 Å². The van der Waals surface area contributed by atoms with Gasteiger partial charge in [-0.1, -0.05) is 37.7 Å². The number of nitrogens with zero attached hydrogens (tertiary/aromatic N) is 3. The van der Waals surface area contributed by atoms with Crippen LogP contribution in [0.4, 0.5) is 0 Å². The Bertz CT molecular complexity index is 826. The maximum Gasteiger partial charge on any atom is 0.233 e. The maximum atomic E-state index is 12.3. The monoisotopic (exact) mass is 405 g/mol. The van der Waals surface area contributed by atoms with Crippen molar-refractivity contribution in [1.82, 2.24) is 20.2 Å². The highest BCUT2D eigenvalue weighted by Gasteiger charge is 2.23. The lowest BCUT2D eigenvalue weighted by Gasteiger charge is -2.22. The highest BCUT2D eigenvalue weighted by Crippen LogP contribution is 2.28. The fraction of sp³-hybridized carbons (Fsp3) is 0.550. The van der Waals surface area contributed by atoms with Gasteiger partial charge in [-0.2, -0.15) is 0 Å². The summed E-state index contributed by atoms with van der Waals surface area (Å²) in [5.74, 6) is 7.73. The third-order valence-electron chi connectivity index (χ3n) is 4.03. The highest BCUT2D eigenvalue weighted by atomic mass is 32.2. The van der Waals surface area contributed by atoms with Crippen LogP contribution in [-0.4, -0.2) is 31.6 Å². The summed E-state index contributed by atoms with van der Waals surface area (Å²) < 4.78 is 7.37. The zero-order valence-electron chi connectivity index (χ0n) is 17.7. The van der Waals surface area contributed by atoms with Crippen molar-refractivity contribution in [2.75, 3.05) is 5.84 Å². The van der Waals surface area contributed by atoms with E-state index in [1.165, 1.54) is 16.4 Å². The molecular formula is C20H31N5O2S.